The normalized spacial score (nSPS) is 10.8. The van der Waals surface area contributed by atoms with Gasteiger partial charge in [-0.15, -0.1) is 22.7 Å². The van der Waals surface area contributed by atoms with Gasteiger partial charge in [-0.3, -0.25) is 0 Å². The van der Waals surface area contributed by atoms with E-state index in [9.17, 15) is 9.90 Å². The third-order valence-corrected chi connectivity index (χ3v) is 7.19. The molecule has 0 aliphatic heterocycles. The van der Waals surface area contributed by atoms with Crippen LogP contribution in [0.4, 0.5) is 0 Å². The molecule has 3 nitrogen and oxygen atoms in total. The Hall–Kier alpha value is -1.02. The quantitative estimate of drug-likeness (QED) is 0.558. The molecule has 2 aromatic heterocycles. The van der Waals surface area contributed by atoms with Gasteiger partial charge < -0.3 is 5.11 Å². The molecule has 0 bridgehead atoms. The minimum absolute atomic E-state index is 0.261. The summed E-state index contributed by atoms with van der Waals surface area (Å²) in [5.74, 6) is -0.952. The molecule has 0 saturated carbocycles. The number of nitrogens with zero attached hydrogens (tertiary/aromatic N) is 1. The van der Waals surface area contributed by atoms with Crippen molar-refractivity contribution in [3.63, 3.8) is 0 Å². The molecule has 21 heavy (non-hydrogen) atoms. The molecule has 3 aromatic rings. The molecule has 0 radical (unpaired) electrons. The molecule has 0 unspecified atom stereocenters. The first-order valence-electron chi connectivity index (χ1n) is 5.81. The number of thiazole rings is 1. The maximum absolute atomic E-state index is 11.5. The summed E-state index contributed by atoms with van der Waals surface area (Å²) in [7, 11) is 0. The highest BCUT2D eigenvalue weighted by Gasteiger charge is 2.20. The molecule has 2 heterocycles. The van der Waals surface area contributed by atoms with Crippen LogP contribution in [0.25, 0.3) is 21.1 Å². The molecule has 0 fully saturated rings. The summed E-state index contributed by atoms with van der Waals surface area (Å²) in [5.41, 5.74) is 1.33. The lowest BCUT2D eigenvalue weighted by Crippen LogP contribution is -1.95. The average molecular weight is 445 g/mol. The van der Waals surface area contributed by atoms with Gasteiger partial charge in [0.15, 0.2) is 0 Å². The van der Waals surface area contributed by atoms with E-state index in [1.807, 2.05) is 36.4 Å². The van der Waals surface area contributed by atoms with Crippen molar-refractivity contribution >= 4 is 60.5 Å². The number of halogens is 2. The number of aromatic carboxylic acids is 1. The highest BCUT2D eigenvalue weighted by Crippen LogP contribution is 2.41. The number of rotatable bonds is 3. The van der Waals surface area contributed by atoms with Crippen molar-refractivity contribution in [1.82, 2.24) is 4.98 Å². The predicted molar refractivity (Wildman–Crippen MR) is 93.2 cm³/mol. The van der Waals surface area contributed by atoms with Gasteiger partial charge in [0.25, 0.3) is 0 Å². The van der Waals surface area contributed by atoms with E-state index in [0.29, 0.717) is 10.7 Å². The van der Waals surface area contributed by atoms with Crippen LogP contribution in [0.1, 0.15) is 9.67 Å². The number of benzene rings is 1. The van der Waals surface area contributed by atoms with E-state index in [1.54, 1.807) is 0 Å². The van der Waals surface area contributed by atoms with Gasteiger partial charge in [-0.05, 0) is 37.9 Å². The Bertz CT molecular complexity index is 792. The van der Waals surface area contributed by atoms with Crippen LogP contribution >= 0.6 is 54.5 Å². The first-order valence-corrected chi connectivity index (χ1v) is 9.03. The molecular weight excluding hydrogens is 438 g/mol. The fraction of sp³-hybridized carbons (Fsp3) is 0. The smallest absolute Gasteiger partial charge is 0.348 e. The SMILES string of the molecule is O=C(O)c1sc(-c2cc(Br)c(Br)s2)nc1-c1ccccc1. The molecule has 0 aliphatic carbocycles. The molecule has 1 N–H and O–H groups in total. The molecule has 106 valence electrons. The van der Waals surface area contributed by atoms with E-state index in [1.165, 1.54) is 22.7 Å². The van der Waals surface area contributed by atoms with E-state index in [0.717, 1.165) is 18.7 Å². The standard InChI is InChI=1S/C14H7Br2NO2S2/c15-8-6-9(20-12(8)16)13-17-10(11(21-13)14(18)19)7-4-2-1-3-5-7/h1-6H,(H,18,19). The number of hydrogen-bond acceptors (Lipinski definition) is 4. The predicted octanol–water partition coefficient (Wildman–Crippen LogP) is 5.76. The maximum atomic E-state index is 11.5. The Kier molecular flexibility index (Phi) is 4.26. The Labute approximate surface area is 145 Å². The molecule has 0 aliphatic rings. The molecule has 0 amide bonds. The number of carboxylic acid groups (broad SMARTS) is 1. The lowest BCUT2D eigenvalue weighted by molar-refractivity contribution is 0.0702. The fourth-order valence-electron chi connectivity index (χ4n) is 1.81. The Morgan fingerprint density at radius 1 is 1.14 bits per heavy atom. The van der Waals surface area contributed by atoms with Crippen molar-refractivity contribution in [2.24, 2.45) is 0 Å². The minimum Gasteiger partial charge on any atom is -0.477 e. The van der Waals surface area contributed by atoms with Crippen molar-refractivity contribution in [3.8, 4) is 21.1 Å². The van der Waals surface area contributed by atoms with Crippen molar-refractivity contribution in [2.75, 3.05) is 0 Å². The van der Waals surface area contributed by atoms with E-state index < -0.39 is 5.97 Å². The molecule has 0 atom stereocenters. The largest absolute Gasteiger partial charge is 0.477 e. The Morgan fingerprint density at radius 3 is 2.43 bits per heavy atom. The van der Waals surface area contributed by atoms with E-state index >= 15 is 0 Å². The van der Waals surface area contributed by atoms with E-state index in [4.69, 9.17) is 0 Å². The summed E-state index contributed by atoms with van der Waals surface area (Å²) in [6.45, 7) is 0. The molecule has 3 rings (SSSR count). The maximum Gasteiger partial charge on any atom is 0.348 e. The summed E-state index contributed by atoms with van der Waals surface area (Å²) in [5, 5.41) is 10.1. The van der Waals surface area contributed by atoms with Crippen molar-refractivity contribution < 1.29 is 9.90 Å². The van der Waals surface area contributed by atoms with Gasteiger partial charge >= 0.3 is 5.97 Å². The lowest BCUT2D eigenvalue weighted by atomic mass is 10.1. The zero-order valence-corrected chi connectivity index (χ0v) is 15.1. The van der Waals surface area contributed by atoms with Gasteiger partial charge in [-0.25, -0.2) is 9.78 Å². The summed E-state index contributed by atoms with van der Waals surface area (Å²) < 4.78 is 1.90. The second-order valence-electron chi connectivity index (χ2n) is 4.10. The lowest BCUT2D eigenvalue weighted by Gasteiger charge is -1.97. The van der Waals surface area contributed by atoms with Crippen LogP contribution in [0.2, 0.25) is 0 Å². The van der Waals surface area contributed by atoms with Crippen molar-refractivity contribution in [1.29, 1.82) is 0 Å². The van der Waals surface area contributed by atoms with Crippen LogP contribution in [0.3, 0.4) is 0 Å². The van der Waals surface area contributed by atoms with Crippen LogP contribution in [0, 0.1) is 0 Å². The highest BCUT2D eigenvalue weighted by molar-refractivity contribution is 9.13. The first kappa shape index (κ1) is 14.9. The van der Waals surface area contributed by atoms with E-state index in [2.05, 4.69) is 36.8 Å². The van der Waals surface area contributed by atoms with Gasteiger partial charge in [0.05, 0.1) is 14.4 Å². The highest BCUT2D eigenvalue weighted by atomic mass is 79.9. The topological polar surface area (TPSA) is 50.2 Å². The third-order valence-electron chi connectivity index (χ3n) is 2.72. The minimum atomic E-state index is -0.952. The van der Waals surface area contributed by atoms with Crippen LogP contribution in [-0.2, 0) is 0 Å². The molecule has 0 spiro atoms. The van der Waals surface area contributed by atoms with E-state index in [-0.39, 0.29) is 4.88 Å². The summed E-state index contributed by atoms with van der Waals surface area (Å²) in [6, 6.07) is 11.3. The molecule has 0 saturated heterocycles. The van der Waals surface area contributed by atoms with Gasteiger partial charge in [-0.2, -0.15) is 0 Å². The van der Waals surface area contributed by atoms with Gasteiger partial charge in [-0.1, -0.05) is 30.3 Å². The number of carbonyl (C=O) groups is 1. The second kappa shape index (κ2) is 6.00. The zero-order chi connectivity index (χ0) is 15.0. The third kappa shape index (κ3) is 2.96. The molecule has 7 heteroatoms. The van der Waals surface area contributed by atoms with Crippen LogP contribution in [0.5, 0.6) is 0 Å². The molecule has 1 aromatic carbocycles. The zero-order valence-electron chi connectivity index (χ0n) is 10.3. The van der Waals surface area contributed by atoms with Gasteiger partial charge in [0.2, 0.25) is 0 Å². The second-order valence-corrected chi connectivity index (χ2v) is 8.32. The van der Waals surface area contributed by atoms with Crippen molar-refractivity contribution in [2.45, 2.75) is 0 Å². The first-order chi connectivity index (χ1) is 10.1. The van der Waals surface area contributed by atoms with Crippen molar-refractivity contribution in [3.05, 3.63) is 49.5 Å². The number of hydrogen-bond donors (Lipinski definition) is 1. The number of carboxylic acids is 1. The Balaban J connectivity index is 2.15. The molecular formula is C14H7Br2NO2S2. The summed E-state index contributed by atoms with van der Waals surface area (Å²) in [4.78, 5) is 17.2. The monoisotopic (exact) mass is 443 g/mol. The van der Waals surface area contributed by atoms with Crippen LogP contribution in [-0.4, -0.2) is 16.1 Å². The van der Waals surface area contributed by atoms with Crippen LogP contribution < -0.4 is 0 Å². The van der Waals surface area contributed by atoms with Gasteiger partial charge in [0.1, 0.15) is 9.88 Å². The summed E-state index contributed by atoms with van der Waals surface area (Å²) in [6.07, 6.45) is 0. The summed E-state index contributed by atoms with van der Waals surface area (Å²) >= 11 is 9.60. The van der Waals surface area contributed by atoms with Gasteiger partial charge in [0, 0.05) is 10.0 Å². The fourth-order valence-corrected chi connectivity index (χ4v) is 4.82. The number of thiophene rings is 1. The number of aromatic nitrogens is 1. The van der Waals surface area contributed by atoms with Crippen LogP contribution in [0.15, 0.2) is 44.7 Å². The Morgan fingerprint density at radius 2 is 1.86 bits per heavy atom. The average Bonchev–Trinajstić information content (AvgIpc) is 3.05.